The van der Waals surface area contributed by atoms with Crippen LogP contribution in [0.1, 0.15) is 33.3 Å². The molecule has 0 amide bonds. The lowest BCUT2D eigenvalue weighted by molar-refractivity contribution is -0.106. The van der Waals surface area contributed by atoms with E-state index in [-0.39, 0.29) is 5.78 Å². The predicted octanol–water partition coefficient (Wildman–Crippen LogP) is 4.79. The van der Waals surface area contributed by atoms with Crippen molar-refractivity contribution in [2.24, 2.45) is 0 Å². The minimum absolute atomic E-state index is 0.0840. The summed E-state index contributed by atoms with van der Waals surface area (Å²) in [5, 5.41) is 0. The highest BCUT2D eigenvalue weighted by Gasteiger charge is 2.21. The van der Waals surface area contributed by atoms with Crippen molar-refractivity contribution < 1.29 is 19.0 Å². The van der Waals surface area contributed by atoms with Crippen molar-refractivity contribution in [1.29, 1.82) is 0 Å². The van der Waals surface area contributed by atoms with Crippen molar-refractivity contribution in [3.8, 4) is 5.75 Å². The minimum Gasteiger partial charge on any atom is -0.489 e. The van der Waals surface area contributed by atoms with Crippen molar-refractivity contribution >= 4 is 5.78 Å². The predicted molar refractivity (Wildman–Crippen MR) is 104 cm³/mol. The molecule has 0 atom stereocenters. The Morgan fingerprint density at radius 2 is 1.48 bits per heavy atom. The lowest BCUT2D eigenvalue weighted by Crippen LogP contribution is -2.12. The zero-order valence-electron chi connectivity index (χ0n) is 15.4. The molecule has 0 aromatic heterocycles. The Labute approximate surface area is 159 Å². The van der Waals surface area contributed by atoms with E-state index in [0.29, 0.717) is 29.0 Å². The monoisotopic (exact) mass is 362 g/mol. The van der Waals surface area contributed by atoms with Gasteiger partial charge in [-0.3, -0.25) is 4.79 Å². The molecule has 0 aliphatic heterocycles. The summed E-state index contributed by atoms with van der Waals surface area (Å²) < 4.78 is 16.7. The van der Waals surface area contributed by atoms with Gasteiger partial charge in [-0.25, -0.2) is 0 Å². The fourth-order valence-corrected chi connectivity index (χ4v) is 2.87. The molecule has 0 heterocycles. The summed E-state index contributed by atoms with van der Waals surface area (Å²) >= 11 is 0. The highest BCUT2D eigenvalue weighted by Crippen LogP contribution is 2.28. The maximum atomic E-state index is 12.9. The van der Waals surface area contributed by atoms with Gasteiger partial charge in [-0.05, 0) is 23.8 Å². The summed E-state index contributed by atoms with van der Waals surface area (Å²) in [6.45, 7) is 0.441. The fourth-order valence-electron chi connectivity index (χ4n) is 2.87. The molecule has 27 heavy (non-hydrogen) atoms. The molecule has 0 aliphatic carbocycles. The van der Waals surface area contributed by atoms with Gasteiger partial charge in [-0.1, -0.05) is 60.7 Å². The molecule has 4 nitrogen and oxygen atoms in total. The first-order valence-electron chi connectivity index (χ1n) is 8.69. The summed E-state index contributed by atoms with van der Waals surface area (Å²) in [5.41, 5.74) is 2.85. The highest BCUT2D eigenvalue weighted by molar-refractivity contribution is 6.10. The molecule has 0 radical (unpaired) electrons. The lowest BCUT2D eigenvalue weighted by atomic mass is 9.97. The third kappa shape index (κ3) is 4.61. The molecule has 0 saturated heterocycles. The number of carbonyl (C=O) groups is 1. The van der Waals surface area contributed by atoms with E-state index in [9.17, 15) is 4.79 Å². The quantitative estimate of drug-likeness (QED) is 0.427. The molecular formula is C23H22O4. The smallest absolute Gasteiger partial charge is 0.193 e. The molecule has 138 valence electrons. The van der Waals surface area contributed by atoms with Gasteiger partial charge in [0, 0.05) is 30.9 Å². The second kappa shape index (κ2) is 9.12. The Kier molecular flexibility index (Phi) is 6.36. The first kappa shape index (κ1) is 18.8. The van der Waals surface area contributed by atoms with Crippen LogP contribution in [0.25, 0.3) is 0 Å². The standard InChI is InChI=1S/C23H22O4/c1-25-23(26-2)21-15-19(27-16-17-9-5-3-6-10-17)13-14-20(21)22(24)18-11-7-4-8-12-18/h3-15,23H,16H2,1-2H3. The number of rotatable bonds is 8. The molecule has 0 saturated carbocycles. The molecule has 0 fully saturated rings. The normalized spacial score (nSPS) is 10.8. The summed E-state index contributed by atoms with van der Waals surface area (Å²) in [4.78, 5) is 12.9. The van der Waals surface area contributed by atoms with E-state index < -0.39 is 6.29 Å². The number of hydrogen-bond donors (Lipinski definition) is 0. The van der Waals surface area contributed by atoms with E-state index in [1.54, 1.807) is 44.6 Å². The Hall–Kier alpha value is -2.95. The highest BCUT2D eigenvalue weighted by atomic mass is 16.7. The lowest BCUT2D eigenvalue weighted by Gasteiger charge is -2.18. The van der Waals surface area contributed by atoms with E-state index in [4.69, 9.17) is 14.2 Å². The van der Waals surface area contributed by atoms with Crippen LogP contribution in [-0.4, -0.2) is 20.0 Å². The maximum Gasteiger partial charge on any atom is 0.193 e. The van der Waals surface area contributed by atoms with Crippen LogP contribution in [0.15, 0.2) is 78.9 Å². The zero-order valence-corrected chi connectivity index (χ0v) is 15.4. The van der Waals surface area contributed by atoms with Gasteiger partial charge in [0.05, 0.1) is 0 Å². The molecule has 3 aromatic carbocycles. The van der Waals surface area contributed by atoms with E-state index in [1.807, 2.05) is 48.5 Å². The van der Waals surface area contributed by atoms with E-state index >= 15 is 0 Å². The van der Waals surface area contributed by atoms with Gasteiger partial charge in [-0.2, -0.15) is 0 Å². The third-order valence-electron chi connectivity index (χ3n) is 4.23. The Bertz CT molecular complexity index is 871. The first-order valence-corrected chi connectivity index (χ1v) is 8.69. The topological polar surface area (TPSA) is 44.8 Å². The second-order valence-corrected chi connectivity index (χ2v) is 6.02. The molecule has 0 N–H and O–H groups in total. The van der Waals surface area contributed by atoms with Crippen LogP contribution < -0.4 is 4.74 Å². The van der Waals surface area contributed by atoms with Gasteiger partial charge in [0.2, 0.25) is 0 Å². The molecule has 0 unspecified atom stereocenters. The van der Waals surface area contributed by atoms with Gasteiger partial charge in [0.15, 0.2) is 12.1 Å². The van der Waals surface area contributed by atoms with Crippen molar-refractivity contribution in [2.45, 2.75) is 12.9 Å². The van der Waals surface area contributed by atoms with Crippen LogP contribution in [0.4, 0.5) is 0 Å². The number of ketones is 1. The van der Waals surface area contributed by atoms with Crippen molar-refractivity contribution in [3.63, 3.8) is 0 Å². The summed E-state index contributed by atoms with van der Waals surface area (Å²) in [6.07, 6.45) is -0.659. The Balaban J connectivity index is 1.90. The third-order valence-corrected chi connectivity index (χ3v) is 4.23. The Morgan fingerprint density at radius 3 is 2.11 bits per heavy atom. The molecule has 0 aliphatic rings. The van der Waals surface area contributed by atoms with Crippen LogP contribution in [0.3, 0.4) is 0 Å². The van der Waals surface area contributed by atoms with Crippen LogP contribution in [0.5, 0.6) is 5.75 Å². The largest absolute Gasteiger partial charge is 0.489 e. The molecule has 4 heteroatoms. The summed E-state index contributed by atoms with van der Waals surface area (Å²) in [6, 6.07) is 24.4. The van der Waals surface area contributed by atoms with E-state index in [0.717, 1.165) is 5.56 Å². The van der Waals surface area contributed by atoms with Gasteiger partial charge < -0.3 is 14.2 Å². The average Bonchev–Trinajstić information content (AvgIpc) is 2.74. The molecule has 0 bridgehead atoms. The number of carbonyl (C=O) groups excluding carboxylic acids is 1. The number of ether oxygens (including phenoxy) is 3. The minimum atomic E-state index is -0.659. The van der Waals surface area contributed by atoms with Crippen LogP contribution in [0, 0.1) is 0 Å². The number of methoxy groups -OCH3 is 2. The van der Waals surface area contributed by atoms with Gasteiger partial charge in [0.25, 0.3) is 0 Å². The molecule has 3 rings (SSSR count). The van der Waals surface area contributed by atoms with E-state index in [2.05, 4.69) is 0 Å². The number of hydrogen-bond acceptors (Lipinski definition) is 4. The maximum absolute atomic E-state index is 12.9. The fraction of sp³-hybridized carbons (Fsp3) is 0.174. The second-order valence-electron chi connectivity index (χ2n) is 6.02. The SMILES string of the molecule is COC(OC)c1cc(OCc2ccccc2)ccc1C(=O)c1ccccc1. The van der Waals surface area contributed by atoms with Gasteiger partial charge >= 0.3 is 0 Å². The zero-order chi connectivity index (χ0) is 19.1. The average molecular weight is 362 g/mol. The molecule has 3 aromatic rings. The summed E-state index contributed by atoms with van der Waals surface area (Å²) in [7, 11) is 3.09. The first-order chi connectivity index (χ1) is 13.2. The summed E-state index contributed by atoms with van der Waals surface area (Å²) in [5.74, 6) is 0.567. The molecule has 0 spiro atoms. The van der Waals surface area contributed by atoms with Gasteiger partial charge in [-0.15, -0.1) is 0 Å². The van der Waals surface area contributed by atoms with E-state index in [1.165, 1.54) is 0 Å². The van der Waals surface area contributed by atoms with Crippen molar-refractivity contribution in [3.05, 3.63) is 101 Å². The van der Waals surface area contributed by atoms with Crippen molar-refractivity contribution in [1.82, 2.24) is 0 Å². The van der Waals surface area contributed by atoms with Crippen LogP contribution >= 0.6 is 0 Å². The van der Waals surface area contributed by atoms with Gasteiger partial charge in [0.1, 0.15) is 12.4 Å². The Morgan fingerprint density at radius 1 is 0.852 bits per heavy atom. The van der Waals surface area contributed by atoms with Crippen LogP contribution in [0.2, 0.25) is 0 Å². The number of benzene rings is 3. The van der Waals surface area contributed by atoms with Crippen LogP contribution in [-0.2, 0) is 16.1 Å². The van der Waals surface area contributed by atoms with Crippen molar-refractivity contribution in [2.75, 3.05) is 14.2 Å². The molecular weight excluding hydrogens is 340 g/mol.